The van der Waals surface area contributed by atoms with Crippen molar-refractivity contribution in [3.63, 3.8) is 0 Å². The first kappa shape index (κ1) is 24.7. The largest absolute Gasteiger partial charge is 0.444 e. The molecule has 1 aromatic rings. The van der Waals surface area contributed by atoms with Crippen LogP contribution in [0.4, 0.5) is 16.2 Å². The number of ether oxygens (including phenoxy) is 1. The van der Waals surface area contributed by atoms with Crippen LogP contribution >= 0.6 is 0 Å². The maximum absolute atomic E-state index is 12.8. The summed E-state index contributed by atoms with van der Waals surface area (Å²) in [5, 5.41) is 0. The molecule has 3 fully saturated rings. The fourth-order valence-electron chi connectivity index (χ4n) is 4.93. The summed E-state index contributed by atoms with van der Waals surface area (Å²) in [4.78, 5) is 19.1. The number of sulfone groups is 1. The van der Waals surface area contributed by atoms with E-state index in [4.69, 9.17) is 4.74 Å². The molecule has 180 valence electrons. The molecule has 32 heavy (non-hydrogen) atoms. The average Bonchev–Trinajstić information content (AvgIpc) is 2.91. The fourth-order valence-corrected chi connectivity index (χ4v) is 5.53. The summed E-state index contributed by atoms with van der Waals surface area (Å²) in [5.41, 5.74) is 1.70. The van der Waals surface area contributed by atoms with Crippen molar-refractivity contribution < 1.29 is 17.9 Å². The van der Waals surface area contributed by atoms with Crippen LogP contribution in [0, 0.1) is 11.3 Å². The van der Waals surface area contributed by atoms with Gasteiger partial charge in [-0.15, -0.1) is 0 Å². The van der Waals surface area contributed by atoms with Crippen molar-refractivity contribution in [3.8, 4) is 0 Å². The standard InChI is InChI=1S/C24H39N3O4S/c1-23(2,3)31-22(28)26-15-18-14-24(4,5)21(17-26)27(16-18)20-10-8-19(9-11-20)25(6)12-13-32(7,29)30/h8-11,18,21H,12-17H2,1-7H3/t18-,21?/m1/s1. The summed E-state index contributed by atoms with van der Waals surface area (Å²) in [6.45, 7) is 13.0. The molecule has 3 aliphatic heterocycles. The summed E-state index contributed by atoms with van der Waals surface area (Å²) in [7, 11) is -1.08. The lowest BCUT2D eigenvalue weighted by Crippen LogP contribution is -2.54. The number of anilines is 2. The number of carbonyl (C=O) groups is 1. The second kappa shape index (κ2) is 8.76. The highest BCUT2D eigenvalue weighted by molar-refractivity contribution is 7.90. The minimum absolute atomic E-state index is 0.0740. The second-order valence-corrected chi connectivity index (χ2v) is 13.4. The molecule has 0 radical (unpaired) electrons. The summed E-state index contributed by atoms with van der Waals surface area (Å²) in [6, 6.07) is 8.52. The molecule has 0 N–H and O–H groups in total. The Balaban J connectivity index is 1.77. The van der Waals surface area contributed by atoms with E-state index in [-0.39, 0.29) is 23.3 Å². The van der Waals surface area contributed by atoms with Crippen molar-refractivity contribution >= 4 is 27.3 Å². The van der Waals surface area contributed by atoms with Gasteiger partial charge in [0, 0.05) is 50.9 Å². The van der Waals surface area contributed by atoms with Crippen LogP contribution in [0.25, 0.3) is 0 Å². The van der Waals surface area contributed by atoms with Gasteiger partial charge in [0.15, 0.2) is 0 Å². The molecule has 0 aliphatic carbocycles. The van der Waals surface area contributed by atoms with Crippen LogP contribution in [0.5, 0.6) is 0 Å². The molecule has 2 bridgehead atoms. The zero-order valence-electron chi connectivity index (χ0n) is 20.6. The van der Waals surface area contributed by atoms with E-state index in [2.05, 4.69) is 43.0 Å². The van der Waals surface area contributed by atoms with Crippen LogP contribution in [0.15, 0.2) is 24.3 Å². The topological polar surface area (TPSA) is 70.2 Å². The van der Waals surface area contributed by atoms with Gasteiger partial charge in [0.2, 0.25) is 0 Å². The SMILES string of the molecule is CN(CCS(C)(=O)=O)c1ccc(N2C[C@H]3CN(C(=O)OC(C)(C)C)CC2C(C)(C)C3)cc1. The maximum atomic E-state index is 12.8. The van der Waals surface area contributed by atoms with Crippen molar-refractivity contribution in [3.05, 3.63) is 24.3 Å². The Labute approximate surface area is 193 Å². The molecular weight excluding hydrogens is 426 g/mol. The van der Waals surface area contributed by atoms with Crippen LogP contribution in [0.1, 0.15) is 41.0 Å². The molecule has 3 aliphatic rings. The van der Waals surface area contributed by atoms with Gasteiger partial charge in [-0.3, -0.25) is 0 Å². The third kappa shape index (κ3) is 6.09. The van der Waals surface area contributed by atoms with Gasteiger partial charge in [0.1, 0.15) is 15.4 Å². The third-order valence-electron chi connectivity index (χ3n) is 6.49. The van der Waals surface area contributed by atoms with E-state index in [1.165, 1.54) is 6.26 Å². The van der Waals surface area contributed by atoms with Gasteiger partial charge in [-0.25, -0.2) is 13.2 Å². The van der Waals surface area contributed by atoms with Crippen molar-refractivity contribution in [2.24, 2.45) is 11.3 Å². The Morgan fingerprint density at radius 1 is 1.16 bits per heavy atom. The molecule has 0 aromatic heterocycles. The smallest absolute Gasteiger partial charge is 0.410 e. The number of fused-ring (bicyclic) bond motifs is 4. The van der Waals surface area contributed by atoms with Crippen LogP contribution in [0.3, 0.4) is 0 Å². The molecule has 1 aromatic carbocycles. The van der Waals surface area contributed by atoms with E-state index in [1.54, 1.807) is 0 Å². The van der Waals surface area contributed by atoms with Gasteiger partial charge in [-0.1, -0.05) is 13.8 Å². The maximum Gasteiger partial charge on any atom is 0.410 e. The lowest BCUT2D eigenvalue weighted by atomic mass is 9.73. The number of piperidine rings is 1. The Bertz CT molecular complexity index is 922. The van der Waals surface area contributed by atoms with Crippen molar-refractivity contribution in [2.45, 2.75) is 52.7 Å². The predicted molar refractivity (Wildman–Crippen MR) is 130 cm³/mol. The summed E-state index contributed by atoms with van der Waals surface area (Å²) < 4.78 is 28.6. The first-order chi connectivity index (χ1) is 14.6. The monoisotopic (exact) mass is 465 g/mol. The molecule has 3 heterocycles. The molecule has 0 spiro atoms. The average molecular weight is 466 g/mol. The highest BCUT2D eigenvalue weighted by Gasteiger charge is 2.47. The van der Waals surface area contributed by atoms with E-state index in [0.717, 1.165) is 30.9 Å². The molecule has 7 nitrogen and oxygen atoms in total. The first-order valence-electron chi connectivity index (χ1n) is 11.4. The van der Waals surface area contributed by atoms with Crippen LogP contribution < -0.4 is 9.80 Å². The first-order valence-corrected chi connectivity index (χ1v) is 13.4. The van der Waals surface area contributed by atoms with Crippen molar-refractivity contribution in [1.82, 2.24) is 4.90 Å². The highest BCUT2D eigenvalue weighted by atomic mass is 32.2. The summed E-state index contributed by atoms with van der Waals surface area (Å²) in [6.07, 6.45) is 2.12. The Hall–Kier alpha value is -1.96. The highest BCUT2D eigenvalue weighted by Crippen LogP contribution is 2.43. The van der Waals surface area contributed by atoms with E-state index < -0.39 is 15.4 Å². The fraction of sp³-hybridized carbons (Fsp3) is 0.708. The normalized spacial score (nSPS) is 23.1. The third-order valence-corrected chi connectivity index (χ3v) is 7.42. The molecule has 1 amide bonds. The van der Waals surface area contributed by atoms with Crippen LogP contribution in [0.2, 0.25) is 0 Å². The molecule has 3 saturated heterocycles. The van der Waals surface area contributed by atoms with Gasteiger partial charge >= 0.3 is 6.09 Å². The number of amides is 1. The van der Waals surface area contributed by atoms with E-state index in [1.807, 2.05) is 37.6 Å². The molecule has 2 atom stereocenters. The van der Waals surface area contributed by atoms with Crippen molar-refractivity contribution in [1.29, 1.82) is 0 Å². The quantitative estimate of drug-likeness (QED) is 0.661. The van der Waals surface area contributed by atoms with E-state index in [9.17, 15) is 13.2 Å². The van der Waals surface area contributed by atoms with Gasteiger partial charge in [-0.05, 0) is 62.8 Å². The predicted octanol–water partition coefficient (Wildman–Crippen LogP) is 3.64. The molecule has 8 heteroatoms. The zero-order chi connectivity index (χ0) is 23.9. The Morgan fingerprint density at radius 3 is 2.34 bits per heavy atom. The number of nitrogens with zero attached hydrogens (tertiary/aromatic N) is 3. The number of rotatable bonds is 5. The molecular formula is C24H39N3O4S. The van der Waals surface area contributed by atoms with Gasteiger partial charge in [0.05, 0.1) is 11.8 Å². The Morgan fingerprint density at radius 2 is 1.78 bits per heavy atom. The van der Waals surface area contributed by atoms with E-state index in [0.29, 0.717) is 19.0 Å². The molecule has 1 unspecified atom stereocenters. The summed E-state index contributed by atoms with van der Waals surface area (Å²) in [5.74, 6) is 0.518. The van der Waals surface area contributed by atoms with Gasteiger partial charge in [-0.2, -0.15) is 0 Å². The zero-order valence-corrected chi connectivity index (χ0v) is 21.4. The Kier molecular flexibility index (Phi) is 6.76. The van der Waals surface area contributed by atoms with Gasteiger partial charge in [0.25, 0.3) is 0 Å². The second-order valence-electron chi connectivity index (χ2n) is 11.2. The minimum atomic E-state index is -2.99. The number of hydrogen-bond donors (Lipinski definition) is 0. The molecule has 0 saturated carbocycles. The summed E-state index contributed by atoms with van der Waals surface area (Å²) >= 11 is 0. The van der Waals surface area contributed by atoms with Gasteiger partial charge < -0.3 is 19.4 Å². The van der Waals surface area contributed by atoms with Crippen molar-refractivity contribution in [2.75, 3.05) is 55.0 Å². The van der Waals surface area contributed by atoms with E-state index >= 15 is 0 Å². The number of hydrogen-bond acceptors (Lipinski definition) is 6. The number of benzene rings is 1. The van der Waals surface area contributed by atoms with Crippen LogP contribution in [-0.4, -0.2) is 76.3 Å². The lowest BCUT2D eigenvalue weighted by molar-refractivity contribution is 0.0240. The minimum Gasteiger partial charge on any atom is -0.444 e. The number of carbonyl (C=O) groups excluding carboxylic acids is 1. The van der Waals surface area contributed by atoms with Crippen LogP contribution in [-0.2, 0) is 14.6 Å². The molecule has 4 rings (SSSR count). The lowest BCUT2D eigenvalue weighted by Gasteiger charge is -2.48.